The fourth-order valence-corrected chi connectivity index (χ4v) is 1.98. The van der Waals surface area contributed by atoms with Gasteiger partial charge in [-0.25, -0.2) is 15.0 Å². The molecule has 2 N–H and O–H groups in total. The second-order valence-corrected chi connectivity index (χ2v) is 4.28. The Hall–Kier alpha value is -1.70. The second kappa shape index (κ2) is 3.95. The summed E-state index contributed by atoms with van der Waals surface area (Å²) in [5, 5.41) is -0.901. The lowest BCUT2D eigenvalue weighted by molar-refractivity contribution is -0.137. The van der Waals surface area contributed by atoms with Crippen LogP contribution in [0.15, 0.2) is 12.3 Å². The van der Waals surface area contributed by atoms with E-state index in [0.717, 1.165) is 6.20 Å². The van der Waals surface area contributed by atoms with Crippen LogP contribution in [0.2, 0.25) is 0 Å². The summed E-state index contributed by atoms with van der Waals surface area (Å²) in [6.45, 7) is 1.62. The normalized spacial score (nSPS) is 11.8. The van der Waals surface area contributed by atoms with Crippen LogP contribution in [0, 0.1) is 6.92 Å². The van der Waals surface area contributed by atoms with Crippen LogP contribution in [-0.4, -0.2) is 15.0 Å². The minimum absolute atomic E-state index is 0.217. The van der Waals surface area contributed by atoms with Crippen molar-refractivity contribution in [2.75, 3.05) is 5.73 Å². The monoisotopic (exact) mass is 260 g/mol. The molecule has 0 bridgehead atoms. The van der Waals surface area contributed by atoms with Crippen LogP contribution < -0.4 is 5.73 Å². The smallest absolute Gasteiger partial charge is 0.384 e. The number of anilines is 1. The van der Waals surface area contributed by atoms with Crippen molar-refractivity contribution >= 4 is 17.2 Å². The third kappa shape index (κ3) is 2.52. The van der Waals surface area contributed by atoms with Gasteiger partial charge in [-0.3, -0.25) is 0 Å². The van der Waals surface area contributed by atoms with Gasteiger partial charge >= 0.3 is 6.18 Å². The van der Waals surface area contributed by atoms with Gasteiger partial charge in [-0.1, -0.05) is 0 Å². The second-order valence-electron chi connectivity index (χ2n) is 3.25. The largest absolute Gasteiger partial charge is 0.443 e. The number of nitrogens with zero attached hydrogens (tertiary/aromatic N) is 3. The molecule has 0 atom stereocenters. The summed E-state index contributed by atoms with van der Waals surface area (Å²) < 4.78 is 37.1. The first kappa shape index (κ1) is 11.8. The molecule has 0 amide bonds. The SMILES string of the molecule is Cc1nc(N)cc(-c2cnc(C(F)(F)F)s2)n1. The zero-order valence-electron chi connectivity index (χ0n) is 8.62. The highest BCUT2D eigenvalue weighted by molar-refractivity contribution is 7.15. The molecule has 2 heterocycles. The van der Waals surface area contributed by atoms with Crippen molar-refractivity contribution in [3.8, 4) is 10.6 Å². The molecule has 0 aliphatic rings. The molecular weight excluding hydrogens is 253 g/mol. The van der Waals surface area contributed by atoms with Crippen LogP contribution in [0.4, 0.5) is 19.0 Å². The molecule has 0 spiro atoms. The fourth-order valence-electron chi connectivity index (χ4n) is 1.24. The van der Waals surface area contributed by atoms with Crippen molar-refractivity contribution in [2.24, 2.45) is 0 Å². The Kier molecular flexibility index (Phi) is 2.74. The molecule has 2 aromatic heterocycles. The fraction of sp³-hybridized carbons (Fsp3) is 0.222. The number of hydrogen-bond acceptors (Lipinski definition) is 5. The topological polar surface area (TPSA) is 64.7 Å². The lowest BCUT2D eigenvalue weighted by Crippen LogP contribution is -2.02. The van der Waals surface area contributed by atoms with Crippen molar-refractivity contribution in [3.05, 3.63) is 23.1 Å². The molecule has 2 rings (SSSR count). The third-order valence-corrected chi connectivity index (χ3v) is 2.92. The van der Waals surface area contributed by atoms with Gasteiger partial charge in [0.1, 0.15) is 11.6 Å². The molecule has 0 fully saturated rings. The average Bonchev–Trinajstić information content (AvgIpc) is 2.63. The van der Waals surface area contributed by atoms with Gasteiger partial charge in [-0.05, 0) is 6.92 Å². The first-order valence-corrected chi connectivity index (χ1v) is 5.32. The maximum absolute atomic E-state index is 12.4. The number of rotatable bonds is 1. The van der Waals surface area contributed by atoms with E-state index in [1.54, 1.807) is 6.92 Å². The van der Waals surface area contributed by atoms with E-state index in [2.05, 4.69) is 15.0 Å². The number of nitrogen functional groups attached to an aromatic ring is 1. The molecule has 0 aliphatic heterocycles. The Morgan fingerprint density at radius 2 is 2.00 bits per heavy atom. The summed E-state index contributed by atoms with van der Waals surface area (Å²) in [4.78, 5) is 11.5. The van der Waals surface area contributed by atoms with E-state index in [1.807, 2.05) is 0 Å². The minimum atomic E-state index is -4.43. The summed E-state index contributed by atoms with van der Waals surface area (Å²) in [6, 6.07) is 1.42. The molecular formula is C9H7F3N4S. The zero-order chi connectivity index (χ0) is 12.6. The molecule has 17 heavy (non-hydrogen) atoms. The van der Waals surface area contributed by atoms with E-state index >= 15 is 0 Å². The van der Waals surface area contributed by atoms with E-state index in [0.29, 0.717) is 27.7 Å². The Morgan fingerprint density at radius 1 is 1.29 bits per heavy atom. The van der Waals surface area contributed by atoms with Gasteiger partial charge in [0, 0.05) is 12.3 Å². The molecule has 4 nitrogen and oxygen atoms in total. The minimum Gasteiger partial charge on any atom is -0.384 e. The van der Waals surface area contributed by atoms with Gasteiger partial charge in [0.25, 0.3) is 0 Å². The van der Waals surface area contributed by atoms with E-state index in [1.165, 1.54) is 6.07 Å². The zero-order valence-corrected chi connectivity index (χ0v) is 9.43. The van der Waals surface area contributed by atoms with Gasteiger partial charge in [0.2, 0.25) is 0 Å². The predicted octanol–water partition coefficient (Wildman–Crippen LogP) is 2.51. The van der Waals surface area contributed by atoms with Crippen molar-refractivity contribution in [1.29, 1.82) is 0 Å². The van der Waals surface area contributed by atoms with Gasteiger partial charge in [0.15, 0.2) is 5.01 Å². The molecule has 2 aromatic rings. The van der Waals surface area contributed by atoms with Crippen LogP contribution in [0.1, 0.15) is 10.8 Å². The maximum Gasteiger partial charge on any atom is 0.443 e. The number of hydrogen-bond donors (Lipinski definition) is 1. The summed E-state index contributed by atoms with van der Waals surface area (Å²) in [7, 11) is 0. The molecule has 0 aliphatic carbocycles. The van der Waals surface area contributed by atoms with Crippen molar-refractivity contribution < 1.29 is 13.2 Å². The molecule has 0 unspecified atom stereocenters. The average molecular weight is 260 g/mol. The maximum atomic E-state index is 12.4. The molecule has 0 radical (unpaired) electrons. The molecule has 0 saturated carbocycles. The van der Waals surface area contributed by atoms with Crippen LogP contribution in [0.3, 0.4) is 0 Å². The lowest BCUT2D eigenvalue weighted by Gasteiger charge is -2.00. The van der Waals surface area contributed by atoms with Crippen molar-refractivity contribution in [1.82, 2.24) is 15.0 Å². The van der Waals surface area contributed by atoms with Gasteiger partial charge in [-0.15, -0.1) is 11.3 Å². The highest BCUT2D eigenvalue weighted by Crippen LogP contribution is 2.35. The molecule has 90 valence electrons. The van der Waals surface area contributed by atoms with E-state index in [4.69, 9.17) is 5.73 Å². The predicted molar refractivity (Wildman–Crippen MR) is 57.3 cm³/mol. The van der Waals surface area contributed by atoms with E-state index < -0.39 is 11.2 Å². The Bertz CT molecular complexity index is 529. The van der Waals surface area contributed by atoms with E-state index in [-0.39, 0.29) is 5.82 Å². The number of thiazole rings is 1. The summed E-state index contributed by atoms with van der Waals surface area (Å²) >= 11 is 0.528. The van der Waals surface area contributed by atoms with Crippen LogP contribution in [-0.2, 0) is 6.18 Å². The van der Waals surface area contributed by atoms with Crippen LogP contribution in [0.5, 0.6) is 0 Å². The quantitative estimate of drug-likeness (QED) is 0.855. The number of aryl methyl sites for hydroxylation is 1. The summed E-state index contributed by atoms with van der Waals surface area (Å²) in [5.74, 6) is 0.622. The van der Waals surface area contributed by atoms with E-state index in [9.17, 15) is 13.2 Å². The molecule has 0 saturated heterocycles. The Morgan fingerprint density at radius 3 is 2.53 bits per heavy atom. The highest BCUT2D eigenvalue weighted by Gasteiger charge is 2.34. The van der Waals surface area contributed by atoms with Crippen molar-refractivity contribution in [2.45, 2.75) is 13.1 Å². The highest BCUT2D eigenvalue weighted by atomic mass is 32.1. The van der Waals surface area contributed by atoms with Crippen molar-refractivity contribution in [3.63, 3.8) is 0 Å². The Labute approximate surface area is 98.4 Å². The molecule has 0 aromatic carbocycles. The van der Waals surface area contributed by atoms with Gasteiger partial charge in [0.05, 0.1) is 10.6 Å². The third-order valence-electron chi connectivity index (χ3n) is 1.86. The number of alkyl halides is 3. The first-order valence-electron chi connectivity index (χ1n) is 4.51. The van der Waals surface area contributed by atoms with Gasteiger partial charge < -0.3 is 5.73 Å². The lowest BCUT2D eigenvalue weighted by atomic mass is 10.3. The number of halogens is 3. The summed E-state index contributed by atoms with van der Waals surface area (Å²) in [5.41, 5.74) is 5.85. The standard InChI is InChI=1S/C9H7F3N4S/c1-4-15-5(2-7(13)16-4)6-3-14-8(17-6)9(10,11)12/h2-3H,1H3,(H2,13,15,16). The van der Waals surface area contributed by atoms with Gasteiger partial charge in [-0.2, -0.15) is 13.2 Å². The van der Waals surface area contributed by atoms with Crippen LogP contribution >= 0.6 is 11.3 Å². The van der Waals surface area contributed by atoms with Crippen LogP contribution in [0.25, 0.3) is 10.6 Å². The molecule has 8 heteroatoms. The number of aromatic nitrogens is 3. The number of nitrogens with two attached hydrogens (primary N) is 1. The Balaban J connectivity index is 2.44. The first-order chi connectivity index (χ1) is 7.86. The summed E-state index contributed by atoms with van der Waals surface area (Å²) in [6.07, 6.45) is -3.30.